The Kier molecular flexibility index (Phi) is 14.1. The molecule has 10 nitrogen and oxygen atoms in total. The first-order valence-electron chi connectivity index (χ1n) is 13.8. The van der Waals surface area contributed by atoms with Crippen molar-refractivity contribution in [2.75, 3.05) is 25.4 Å². The Morgan fingerprint density at radius 1 is 1.10 bits per heavy atom. The summed E-state index contributed by atoms with van der Waals surface area (Å²) < 4.78 is 32.3. The Bertz CT molecular complexity index is 1010. The van der Waals surface area contributed by atoms with Crippen LogP contribution in [0.15, 0.2) is 36.4 Å². The molecule has 4 N–H and O–H groups in total. The van der Waals surface area contributed by atoms with Gasteiger partial charge in [0.2, 0.25) is 21.8 Å². The molecule has 0 bridgehead atoms. The van der Waals surface area contributed by atoms with Crippen molar-refractivity contribution in [2.24, 2.45) is 29.4 Å². The van der Waals surface area contributed by atoms with Gasteiger partial charge in [-0.25, -0.2) is 18.7 Å². The number of hydroxylamine groups is 1. The van der Waals surface area contributed by atoms with Gasteiger partial charge in [0.15, 0.2) is 6.29 Å². The molecule has 220 valence electrons. The maximum Gasteiger partial charge on any atom is 0.247 e. The number of nitrogens with zero attached hydrogens (tertiary/aromatic N) is 1. The van der Waals surface area contributed by atoms with Gasteiger partial charge in [0.05, 0.1) is 17.6 Å². The van der Waals surface area contributed by atoms with Crippen LogP contribution in [0.1, 0.15) is 65.4 Å². The van der Waals surface area contributed by atoms with Crippen LogP contribution in [0.2, 0.25) is 0 Å². The van der Waals surface area contributed by atoms with Crippen LogP contribution in [0, 0.1) is 23.7 Å². The van der Waals surface area contributed by atoms with Gasteiger partial charge >= 0.3 is 0 Å². The fraction of sp³-hybridized carbons (Fsp3) is 0.643. The van der Waals surface area contributed by atoms with Gasteiger partial charge < -0.3 is 10.5 Å². The Hall–Kier alpha value is -2.31. The molecule has 1 aliphatic rings. The number of sulfonamides is 1. The van der Waals surface area contributed by atoms with E-state index in [0.29, 0.717) is 19.4 Å². The monoisotopic (exact) mass is 566 g/mol. The standard InChI is InChI=1S/C28H46N4O6S/c1-21(2)19-25(27(33)30-32(20-22(3)4)39(35,36)18-16-29)24(14-10-13-23-11-6-5-7-12-23)28(34)31-38-26-15-8-9-17-37-26/h5-7,10-13,21-22,24-26H,8-9,14-20,29H2,1-4H3,(H,30,33)(H,31,34)/t24-,25+,26?/m0/s1. The number of hydrazine groups is 1. The van der Waals surface area contributed by atoms with Crippen molar-refractivity contribution < 1.29 is 27.6 Å². The average Bonchev–Trinajstić information content (AvgIpc) is 2.89. The Balaban J connectivity index is 2.31. The van der Waals surface area contributed by atoms with Crippen molar-refractivity contribution in [1.29, 1.82) is 0 Å². The summed E-state index contributed by atoms with van der Waals surface area (Å²) >= 11 is 0. The van der Waals surface area contributed by atoms with Crippen molar-refractivity contribution >= 4 is 27.9 Å². The number of rotatable bonds is 16. The maximum absolute atomic E-state index is 13.7. The number of nitrogens with two attached hydrogens (primary N) is 1. The van der Waals surface area contributed by atoms with Crippen molar-refractivity contribution in [3.63, 3.8) is 0 Å². The molecule has 0 spiro atoms. The molecule has 2 rings (SSSR count). The summed E-state index contributed by atoms with van der Waals surface area (Å²) in [5, 5.41) is 0. The molecule has 11 heteroatoms. The van der Waals surface area contributed by atoms with E-state index in [1.54, 1.807) is 0 Å². The molecule has 0 aliphatic carbocycles. The molecule has 3 atom stereocenters. The Labute approximate surface area is 233 Å². The van der Waals surface area contributed by atoms with E-state index >= 15 is 0 Å². The van der Waals surface area contributed by atoms with Crippen LogP contribution in [0.5, 0.6) is 0 Å². The van der Waals surface area contributed by atoms with E-state index in [2.05, 4.69) is 10.9 Å². The van der Waals surface area contributed by atoms with Crippen LogP contribution in [-0.2, 0) is 29.2 Å². The fourth-order valence-corrected chi connectivity index (χ4v) is 5.63. The number of carbonyl (C=O) groups is 2. The number of hydrogen-bond donors (Lipinski definition) is 3. The van der Waals surface area contributed by atoms with E-state index in [4.69, 9.17) is 15.3 Å². The Morgan fingerprint density at radius 2 is 1.82 bits per heavy atom. The van der Waals surface area contributed by atoms with Gasteiger partial charge in [0.25, 0.3) is 0 Å². The summed E-state index contributed by atoms with van der Waals surface area (Å²) in [7, 11) is -3.83. The maximum atomic E-state index is 13.7. The fourth-order valence-electron chi connectivity index (χ4n) is 4.36. The van der Waals surface area contributed by atoms with Gasteiger partial charge in [-0.05, 0) is 43.1 Å². The molecule has 0 aromatic heterocycles. The lowest BCUT2D eigenvalue weighted by atomic mass is 9.82. The second-order valence-electron chi connectivity index (χ2n) is 10.8. The molecule has 1 aromatic carbocycles. The zero-order valence-electron chi connectivity index (χ0n) is 23.7. The highest BCUT2D eigenvalue weighted by Gasteiger charge is 2.36. The summed E-state index contributed by atoms with van der Waals surface area (Å²) in [5.41, 5.74) is 11.6. The van der Waals surface area contributed by atoms with E-state index in [0.717, 1.165) is 22.8 Å². The summed E-state index contributed by atoms with van der Waals surface area (Å²) in [4.78, 5) is 32.7. The second kappa shape index (κ2) is 16.7. The lowest BCUT2D eigenvalue weighted by molar-refractivity contribution is -0.203. The van der Waals surface area contributed by atoms with Crippen molar-refractivity contribution in [1.82, 2.24) is 15.3 Å². The molecule has 1 heterocycles. The summed E-state index contributed by atoms with van der Waals surface area (Å²) in [6, 6.07) is 9.64. The molecule has 1 unspecified atom stereocenters. The van der Waals surface area contributed by atoms with E-state index in [-0.39, 0.29) is 37.1 Å². The summed E-state index contributed by atoms with van der Waals surface area (Å²) in [6.45, 7) is 8.21. The minimum Gasteiger partial charge on any atom is -0.350 e. The van der Waals surface area contributed by atoms with Gasteiger partial charge in [-0.1, -0.05) is 70.2 Å². The number of allylic oxidation sites excluding steroid dienone is 1. The lowest BCUT2D eigenvalue weighted by Crippen LogP contribution is -2.53. The first-order chi connectivity index (χ1) is 18.5. The zero-order chi connectivity index (χ0) is 28.8. The normalized spacial score (nSPS) is 18.0. The van der Waals surface area contributed by atoms with Gasteiger partial charge in [0, 0.05) is 26.1 Å². The number of carbonyl (C=O) groups excluding carboxylic acids is 2. The van der Waals surface area contributed by atoms with E-state index in [1.165, 1.54) is 0 Å². The van der Waals surface area contributed by atoms with Gasteiger partial charge in [0.1, 0.15) is 0 Å². The molecule has 1 saturated heterocycles. The third-order valence-electron chi connectivity index (χ3n) is 6.29. The minimum absolute atomic E-state index is 0.0433. The van der Waals surface area contributed by atoms with Crippen molar-refractivity contribution in [3.8, 4) is 0 Å². The smallest absolute Gasteiger partial charge is 0.247 e. The van der Waals surface area contributed by atoms with Gasteiger partial charge in [-0.2, -0.15) is 0 Å². The quantitative estimate of drug-likeness (QED) is 0.261. The van der Waals surface area contributed by atoms with Crippen LogP contribution in [0.25, 0.3) is 6.08 Å². The molecule has 1 fully saturated rings. The van der Waals surface area contributed by atoms with Crippen LogP contribution < -0.4 is 16.6 Å². The average molecular weight is 567 g/mol. The molecular weight excluding hydrogens is 520 g/mol. The highest BCUT2D eigenvalue weighted by atomic mass is 32.2. The SMILES string of the molecule is CC(C)C[C@@H](C(=O)NN(CC(C)C)S(=O)(=O)CCN)[C@H](CC=Cc1ccccc1)C(=O)NOC1CCCCO1. The predicted molar refractivity (Wildman–Crippen MR) is 152 cm³/mol. The van der Waals surface area contributed by atoms with E-state index < -0.39 is 40.0 Å². The minimum atomic E-state index is -3.83. The number of nitrogens with one attached hydrogen (secondary N) is 2. The van der Waals surface area contributed by atoms with E-state index in [9.17, 15) is 18.0 Å². The summed E-state index contributed by atoms with van der Waals surface area (Å²) in [5.74, 6) is -2.89. The molecule has 1 aliphatic heterocycles. The third kappa shape index (κ3) is 11.8. The highest BCUT2D eigenvalue weighted by molar-refractivity contribution is 7.89. The lowest BCUT2D eigenvalue weighted by Gasteiger charge is -2.31. The molecule has 39 heavy (non-hydrogen) atoms. The highest BCUT2D eigenvalue weighted by Crippen LogP contribution is 2.26. The number of benzene rings is 1. The predicted octanol–water partition coefficient (Wildman–Crippen LogP) is 3.22. The third-order valence-corrected chi connectivity index (χ3v) is 7.95. The second-order valence-corrected chi connectivity index (χ2v) is 12.8. The zero-order valence-corrected chi connectivity index (χ0v) is 24.5. The molecule has 0 radical (unpaired) electrons. The molecule has 0 saturated carbocycles. The number of amides is 2. The largest absolute Gasteiger partial charge is 0.350 e. The Morgan fingerprint density at radius 3 is 2.41 bits per heavy atom. The topological polar surface area (TPSA) is 140 Å². The van der Waals surface area contributed by atoms with Crippen molar-refractivity contribution in [3.05, 3.63) is 42.0 Å². The number of ether oxygens (including phenoxy) is 1. The van der Waals surface area contributed by atoms with Crippen LogP contribution in [0.3, 0.4) is 0 Å². The van der Waals surface area contributed by atoms with Crippen LogP contribution >= 0.6 is 0 Å². The first kappa shape index (κ1) is 32.9. The summed E-state index contributed by atoms with van der Waals surface area (Å²) in [6.07, 6.45) is 6.38. The molecule has 2 amide bonds. The molecular formula is C28H46N4O6S. The first-order valence-corrected chi connectivity index (χ1v) is 15.4. The van der Waals surface area contributed by atoms with Gasteiger partial charge in [-0.15, -0.1) is 4.41 Å². The van der Waals surface area contributed by atoms with Gasteiger partial charge in [-0.3, -0.25) is 15.0 Å². The van der Waals surface area contributed by atoms with Crippen molar-refractivity contribution in [2.45, 2.75) is 66.1 Å². The number of hydrogen-bond acceptors (Lipinski definition) is 7. The molecule has 1 aromatic rings. The van der Waals surface area contributed by atoms with Crippen LogP contribution in [-0.4, -0.2) is 56.4 Å². The van der Waals surface area contributed by atoms with Crippen LogP contribution in [0.4, 0.5) is 0 Å². The van der Waals surface area contributed by atoms with E-state index in [1.807, 2.05) is 70.2 Å².